The molecule has 0 saturated carbocycles. The van der Waals surface area contributed by atoms with Crippen molar-refractivity contribution in [2.75, 3.05) is 51.4 Å². The number of ether oxygens (including phenoxy) is 3. The highest BCUT2D eigenvalue weighted by Gasteiger charge is 2.28. The third kappa shape index (κ3) is 4.40. The van der Waals surface area contributed by atoms with E-state index in [1.165, 1.54) is 0 Å². The normalized spacial score (nSPS) is 26.2. The molecule has 3 aliphatic rings. The molecule has 4 heterocycles. The molecule has 0 spiro atoms. The van der Waals surface area contributed by atoms with E-state index in [1.807, 2.05) is 6.07 Å². The lowest BCUT2D eigenvalue weighted by Gasteiger charge is -2.29. The number of nitrogens with zero attached hydrogens (tertiary/aromatic N) is 5. The number of methoxy groups -OCH3 is 1. The second-order valence-corrected chi connectivity index (χ2v) is 7.02. The summed E-state index contributed by atoms with van der Waals surface area (Å²) in [6.45, 7) is 4.71. The lowest BCUT2D eigenvalue weighted by molar-refractivity contribution is 0.101. The molecule has 28 heavy (non-hydrogen) atoms. The van der Waals surface area contributed by atoms with E-state index in [1.54, 1.807) is 13.3 Å². The fraction of sp³-hybridized carbons (Fsp3) is 0.667. The standard InChI is InChI=1S/C18H27N7O3/c1-26-16-13(11-21-17(19)24-16)14-10-15(28-12-2-4-20-5-3-12)23-18(22-14)25-6-8-27-9-7-25/h10-13,16,20H,2-9H2,1H3,(H2,19,24). The molecule has 10 heteroatoms. The fourth-order valence-corrected chi connectivity index (χ4v) is 3.55. The molecule has 0 amide bonds. The molecule has 2 saturated heterocycles. The highest BCUT2D eigenvalue weighted by atomic mass is 16.5. The van der Waals surface area contributed by atoms with E-state index in [-0.39, 0.29) is 18.0 Å². The number of aliphatic imine (C=N–C) groups is 2. The van der Waals surface area contributed by atoms with Gasteiger partial charge in [-0.2, -0.15) is 4.98 Å². The van der Waals surface area contributed by atoms with Gasteiger partial charge in [-0.15, -0.1) is 0 Å². The third-order valence-corrected chi connectivity index (χ3v) is 5.10. The molecule has 0 aromatic carbocycles. The molecule has 2 atom stereocenters. The SMILES string of the molecule is COC1N=C(N)N=CC1c1cc(OC2CCNCC2)nc(N2CCOCC2)n1. The molecule has 1 aromatic rings. The number of morpholine rings is 1. The maximum Gasteiger partial charge on any atom is 0.229 e. The quantitative estimate of drug-likeness (QED) is 0.716. The molecule has 0 radical (unpaired) electrons. The Kier molecular flexibility index (Phi) is 5.98. The molecule has 0 bridgehead atoms. The van der Waals surface area contributed by atoms with Crippen molar-refractivity contribution in [2.24, 2.45) is 15.7 Å². The summed E-state index contributed by atoms with van der Waals surface area (Å²) in [5.41, 5.74) is 6.48. The van der Waals surface area contributed by atoms with Crippen molar-refractivity contribution < 1.29 is 14.2 Å². The second-order valence-electron chi connectivity index (χ2n) is 7.02. The topological polar surface area (TPSA) is 119 Å². The summed E-state index contributed by atoms with van der Waals surface area (Å²) >= 11 is 0. The van der Waals surface area contributed by atoms with Crippen molar-refractivity contribution >= 4 is 18.1 Å². The van der Waals surface area contributed by atoms with Gasteiger partial charge in [0.1, 0.15) is 6.10 Å². The van der Waals surface area contributed by atoms with Crippen LogP contribution in [-0.4, -0.2) is 81.0 Å². The number of guanidine groups is 1. The summed E-state index contributed by atoms with van der Waals surface area (Å²) in [6, 6.07) is 1.87. The summed E-state index contributed by atoms with van der Waals surface area (Å²) in [4.78, 5) is 20.0. The molecule has 152 valence electrons. The molecule has 3 N–H and O–H groups in total. The maximum atomic E-state index is 6.21. The largest absolute Gasteiger partial charge is 0.474 e. The number of hydrogen-bond donors (Lipinski definition) is 2. The molecule has 3 aliphatic heterocycles. The molecule has 2 unspecified atom stereocenters. The Bertz CT molecular complexity index is 730. The number of nitrogens with one attached hydrogen (secondary N) is 1. The van der Waals surface area contributed by atoms with Gasteiger partial charge in [-0.05, 0) is 25.9 Å². The lowest BCUT2D eigenvalue weighted by Crippen LogP contribution is -2.38. The van der Waals surface area contributed by atoms with Crippen LogP contribution in [0.3, 0.4) is 0 Å². The van der Waals surface area contributed by atoms with Crippen molar-refractivity contribution in [2.45, 2.75) is 31.1 Å². The molecule has 2 fully saturated rings. The van der Waals surface area contributed by atoms with Crippen LogP contribution in [0.2, 0.25) is 0 Å². The van der Waals surface area contributed by atoms with Crippen molar-refractivity contribution in [1.29, 1.82) is 0 Å². The molecule has 4 rings (SSSR count). The molecule has 10 nitrogen and oxygen atoms in total. The molecular formula is C18H27N7O3. The number of rotatable bonds is 5. The monoisotopic (exact) mass is 389 g/mol. The summed E-state index contributed by atoms with van der Waals surface area (Å²) in [5.74, 6) is 1.16. The van der Waals surface area contributed by atoms with Gasteiger partial charge in [0.05, 0.1) is 24.8 Å². The highest BCUT2D eigenvalue weighted by Crippen LogP contribution is 2.28. The van der Waals surface area contributed by atoms with Gasteiger partial charge in [-0.25, -0.2) is 15.0 Å². The van der Waals surface area contributed by atoms with Crippen molar-refractivity contribution in [3.8, 4) is 5.88 Å². The number of hydrogen-bond acceptors (Lipinski definition) is 10. The first-order valence-corrected chi connectivity index (χ1v) is 9.72. The summed E-state index contributed by atoms with van der Waals surface area (Å²) in [7, 11) is 1.60. The predicted molar refractivity (Wildman–Crippen MR) is 105 cm³/mol. The highest BCUT2D eigenvalue weighted by molar-refractivity contribution is 5.90. The first kappa shape index (κ1) is 19.0. The average molecular weight is 389 g/mol. The smallest absolute Gasteiger partial charge is 0.229 e. The zero-order chi connectivity index (χ0) is 19.3. The van der Waals surface area contributed by atoms with Gasteiger partial charge >= 0.3 is 0 Å². The van der Waals surface area contributed by atoms with E-state index in [9.17, 15) is 0 Å². The van der Waals surface area contributed by atoms with E-state index in [4.69, 9.17) is 24.9 Å². The van der Waals surface area contributed by atoms with Gasteiger partial charge in [-0.1, -0.05) is 0 Å². The van der Waals surface area contributed by atoms with Crippen LogP contribution >= 0.6 is 0 Å². The van der Waals surface area contributed by atoms with Gasteiger partial charge < -0.3 is 30.2 Å². The van der Waals surface area contributed by atoms with Gasteiger partial charge in [0.25, 0.3) is 0 Å². The van der Waals surface area contributed by atoms with Crippen LogP contribution in [0.5, 0.6) is 5.88 Å². The Morgan fingerprint density at radius 1 is 1.21 bits per heavy atom. The first-order valence-electron chi connectivity index (χ1n) is 9.72. The van der Waals surface area contributed by atoms with Crippen molar-refractivity contribution in [1.82, 2.24) is 15.3 Å². The molecule has 0 aliphatic carbocycles. The summed E-state index contributed by atoms with van der Waals surface area (Å²) in [5, 5.41) is 3.35. The van der Waals surface area contributed by atoms with E-state index < -0.39 is 6.23 Å². The predicted octanol–water partition coefficient (Wildman–Crippen LogP) is -0.101. The van der Waals surface area contributed by atoms with Gasteiger partial charge in [0.2, 0.25) is 17.8 Å². The van der Waals surface area contributed by atoms with E-state index in [2.05, 4.69) is 25.2 Å². The van der Waals surface area contributed by atoms with Gasteiger partial charge in [-0.3, -0.25) is 0 Å². The molecular weight excluding hydrogens is 362 g/mol. The number of anilines is 1. The molecule has 1 aromatic heterocycles. The number of aromatic nitrogens is 2. The van der Waals surface area contributed by atoms with Crippen LogP contribution in [0.15, 0.2) is 16.1 Å². The minimum absolute atomic E-state index is 0.147. The zero-order valence-corrected chi connectivity index (χ0v) is 16.1. The van der Waals surface area contributed by atoms with Crippen LogP contribution in [0.1, 0.15) is 24.5 Å². The van der Waals surface area contributed by atoms with Crippen LogP contribution < -0.4 is 20.7 Å². The second kappa shape index (κ2) is 8.80. The Balaban J connectivity index is 1.63. The van der Waals surface area contributed by atoms with Crippen LogP contribution in [0, 0.1) is 0 Å². The summed E-state index contributed by atoms with van der Waals surface area (Å²) < 4.78 is 17.2. The Morgan fingerprint density at radius 2 is 2.00 bits per heavy atom. The summed E-state index contributed by atoms with van der Waals surface area (Å²) in [6.07, 6.45) is 3.32. The number of piperidine rings is 1. The average Bonchev–Trinajstić information content (AvgIpc) is 2.74. The van der Waals surface area contributed by atoms with E-state index in [0.717, 1.165) is 44.7 Å². The van der Waals surface area contributed by atoms with E-state index >= 15 is 0 Å². The fourth-order valence-electron chi connectivity index (χ4n) is 3.55. The Morgan fingerprint density at radius 3 is 2.75 bits per heavy atom. The van der Waals surface area contributed by atoms with Crippen molar-refractivity contribution in [3.63, 3.8) is 0 Å². The third-order valence-electron chi connectivity index (χ3n) is 5.10. The Hall–Kier alpha value is -2.30. The minimum atomic E-state index is -0.475. The van der Waals surface area contributed by atoms with Gasteiger partial charge in [0, 0.05) is 32.5 Å². The first-order chi connectivity index (χ1) is 13.7. The van der Waals surface area contributed by atoms with Crippen LogP contribution in [0.4, 0.5) is 5.95 Å². The zero-order valence-electron chi connectivity index (χ0n) is 16.1. The van der Waals surface area contributed by atoms with Crippen LogP contribution in [-0.2, 0) is 9.47 Å². The van der Waals surface area contributed by atoms with Crippen LogP contribution in [0.25, 0.3) is 0 Å². The van der Waals surface area contributed by atoms with E-state index in [0.29, 0.717) is 25.0 Å². The van der Waals surface area contributed by atoms with Crippen molar-refractivity contribution in [3.05, 3.63) is 11.8 Å². The lowest BCUT2D eigenvalue weighted by atomic mass is 10.0. The van der Waals surface area contributed by atoms with Gasteiger partial charge in [0.15, 0.2) is 6.23 Å². The maximum absolute atomic E-state index is 6.21. The Labute approximate surface area is 164 Å². The number of nitrogens with two attached hydrogens (primary N) is 1. The minimum Gasteiger partial charge on any atom is -0.474 e.